The van der Waals surface area contributed by atoms with Gasteiger partial charge in [0.25, 0.3) is 0 Å². The van der Waals surface area contributed by atoms with Gasteiger partial charge in [0.2, 0.25) is 5.95 Å². The molecule has 0 unspecified atom stereocenters. The second kappa shape index (κ2) is 5.23. The van der Waals surface area contributed by atoms with Crippen LogP contribution in [0.5, 0.6) is 0 Å². The molecule has 0 bridgehead atoms. The lowest BCUT2D eigenvalue weighted by molar-refractivity contribution is 0.210. The van der Waals surface area contributed by atoms with E-state index < -0.39 is 0 Å². The van der Waals surface area contributed by atoms with E-state index in [-0.39, 0.29) is 0 Å². The molecule has 1 aliphatic rings. The van der Waals surface area contributed by atoms with Crippen LogP contribution in [0, 0.1) is 0 Å². The number of aromatic nitrogens is 4. The largest absolute Gasteiger partial charge is 0.383 e. The molecule has 7 heteroatoms. The molecule has 0 atom stereocenters. The van der Waals surface area contributed by atoms with Gasteiger partial charge in [0.15, 0.2) is 5.65 Å². The van der Waals surface area contributed by atoms with E-state index in [1.165, 1.54) is 35.1 Å². The Morgan fingerprint density at radius 2 is 2.29 bits per heavy atom. The van der Waals surface area contributed by atoms with E-state index in [9.17, 15) is 0 Å². The fourth-order valence-corrected chi connectivity index (χ4v) is 4.21. The van der Waals surface area contributed by atoms with Crippen LogP contribution in [0.2, 0.25) is 0 Å². The van der Waals surface area contributed by atoms with E-state index >= 15 is 0 Å². The summed E-state index contributed by atoms with van der Waals surface area (Å²) in [5.74, 6) is 0.741. The smallest absolute Gasteiger partial charge is 0.227 e. The Kier molecular flexibility index (Phi) is 3.23. The minimum absolute atomic E-state index is 0.636. The molecule has 0 fully saturated rings. The summed E-state index contributed by atoms with van der Waals surface area (Å²) in [6, 6.07) is 0. The molecule has 0 radical (unpaired) electrons. The number of aryl methyl sites for hydroxylation is 2. The second-order valence-electron chi connectivity index (χ2n) is 5.24. The first-order valence-corrected chi connectivity index (χ1v) is 8.07. The Morgan fingerprint density at radius 1 is 1.38 bits per heavy atom. The first kappa shape index (κ1) is 13.0. The van der Waals surface area contributed by atoms with Crippen molar-refractivity contribution in [1.82, 2.24) is 19.6 Å². The highest BCUT2D eigenvalue weighted by Gasteiger charge is 2.21. The van der Waals surface area contributed by atoms with Crippen molar-refractivity contribution < 1.29 is 4.74 Å². The highest BCUT2D eigenvalue weighted by molar-refractivity contribution is 7.19. The number of nitrogens with zero attached hydrogens (tertiary/aromatic N) is 4. The van der Waals surface area contributed by atoms with E-state index in [0.717, 1.165) is 22.8 Å². The summed E-state index contributed by atoms with van der Waals surface area (Å²) >= 11 is 1.81. The van der Waals surface area contributed by atoms with Crippen LogP contribution in [0.25, 0.3) is 15.9 Å². The van der Waals surface area contributed by atoms with Crippen LogP contribution in [0.15, 0.2) is 6.33 Å². The number of thiophene rings is 1. The zero-order chi connectivity index (χ0) is 14.2. The minimum Gasteiger partial charge on any atom is -0.383 e. The summed E-state index contributed by atoms with van der Waals surface area (Å²) < 4.78 is 6.88. The average Bonchev–Trinajstić information content (AvgIpc) is 3.10. The SMILES string of the molecule is COCCNc1nc2sc3c(c2c2ncnn12)CCCC3. The van der Waals surface area contributed by atoms with Crippen LogP contribution < -0.4 is 5.32 Å². The van der Waals surface area contributed by atoms with Gasteiger partial charge in [0.05, 0.1) is 12.0 Å². The molecule has 110 valence electrons. The Hall–Kier alpha value is -1.73. The van der Waals surface area contributed by atoms with Crippen molar-refractivity contribution in [3.8, 4) is 0 Å². The van der Waals surface area contributed by atoms with E-state index in [4.69, 9.17) is 9.72 Å². The molecule has 0 amide bonds. The summed E-state index contributed by atoms with van der Waals surface area (Å²) in [5, 5.41) is 8.80. The van der Waals surface area contributed by atoms with Crippen LogP contribution in [0.3, 0.4) is 0 Å². The van der Waals surface area contributed by atoms with Crippen molar-refractivity contribution in [2.24, 2.45) is 0 Å². The monoisotopic (exact) mass is 303 g/mol. The third kappa shape index (κ3) is 2.08. The zero-order valence-electron chi connectivity index (χ0n) is 11.9. The van der Waals surface area contributed by atoms with Gasteiger partial charge in [0, 0.05) is 18.5 Å². The molecular formula is C14H17N5OS. The summed E-state index contributed by atoms with van der Waals surface area (Å²) in [6.45, 7) is 1.34. The van der Waals surface area contributed by atoms with Crippen LogP contribution in [0.1, 0.15) is 23.3 Å². The summed E-state index contributed by atoms with van der Waals surface area (Å²) in [5.41, 5.74) is 2.36. The van der Waals surface area contributed by atoms with Crippen molar-refractivity contribution in [2.75, 3.05) is 25.6 Å². The normalized spacial score (nSPS) is 14.7. The number of rotatable bonds is 4. The van der Waals surface area contributed by atoms with Crippen LogP contribution in [-0.2, 0) is 17.6 Å². The molecule has 0 spiro atoms. The van der Waals surface area contributed by atoms with E-state index in [1.54, 1.807) is 18.0 Å². The number of hydrogen-bond donors (Lipinski definition) is 1. The average molecular weight is 303 g/mol. The number of hydrogen-bond acceptors (Lipinski definition) is 6. The maximum absolute atomic E-state index is 5.08. The molecule has 0 aromatic carbocycles. The lowest BCUT2D eigenvalue weighted by Gasteiger charge is -2.10. The van der Waals surface area contributed by atoms with Gasteiger partial charge in [-0.05, 0) is 31.2 Å². The lowest BCUT2D eigenvalue weighted by Crippen LogP contribution is -2.12. The molecule has 4 rings (SSSR count). The van der Waals surface area contributed by atoms with Gasteiger partial charge in [-0.15, -0.1) is 11.3 Å². The second-order valence-corrected chi connectivity index (χ2v) is 6.33. The standard InChI is InChI=1S/C14H17N5OS/c1-20-7-6-15-14-18-13-11(12-16-8-17-19(12)14)9-4-2-3-5-10(9)21-13/h8H,2-7H2,1H3,(H,15,18). The predicted molar refractivity (Wildman–Crippen MR) is 83.2 cm³/mol. The van der Waals surface area contributed by atoms with Gasteiger partial charge in [-0.1, -0.05) is 0 Å². The first-order valence-electron chi connectivity index (χ1n) is 7.25. The topological polar surface area (TPSA) is 64.3 Å². The maximum atomic E-state index is 5.08. The summed E-state index contributed by atoms with van der Waals surface area (Å²) in [6.07, 6.45) is 6.44. The van der Waals surface area contributed by atoms with Gasteiger partial charge < -0.3 is 10.1 Å². The van der Waals surface area contributed by atoms with E-state index in [2.05, 4.69) is 15.4 Å². The van der Waals surface area contributed by atoms with E-state index in [1.807, 2.05) is 11.3 Å². The number of anilines is 1. The summed E-state index contributed by atoms with van der Waals surface area (Å²) in [4.78, 5) is 11.8. The van der Waals surface area contributed by atoms with Crippen molar-refractivity contribution >= 4 is 33.1 Å². The van der Waals surface area contributed by atoms with Gasteiger partial charge in [-0.2, -0.15) is 9.61 Å². The van der Waals surface area contributed by atoms with Crippen LogP contribution in [0.4, 0.5) is 5.95 Å². The third-order valence-corrected chi connectivity index (χ3v) is 5.11. The molecule has 1 aliphatic carbocycles. The predicted octanol–water partition coefficient (Wildman–Crippen LogP) is 2.28. The van der Waals surface area contributed by atoms with Crippen molar-refractivity contribution in [2.45, 2.75) is 25.7 Å². The fraction of sp³-hybridized carbons (Fsp3) is 0.500. The molecular weight excluding hydrogens is 286 g/mol. The molecule has 3 aromatic rings. The quantitative estimate of drug-likeness (QED) is 0.749. The fourth-order valence-electron chi connectivity index (χ4n) is 2.95. The van der Waals surface area contributed by atoms with E-state index in [0.29, 0.717) is 13.2 Å². The lowest BCUT2D eigenvalue weighted by atomic mass is 9.97. The highest BCUT2D eigenvalue weighted by atomic mass is 32.1. The third-order valence-electron chi connectivity index (χ3n) is 3.92. The molecule has 3 aromatic heterocycles. The minimum atomic E-state index is 0.636. The molecule has 3 heterocycles. The van der Waals surface area contributed by atoms with Crippen molar-refractivity contribution in [3.05, 3.63) is 16.8 Å². The molecule has 6 nitrogen and oxygen atoms in total. The number of ether oxygens (including phenoxy) is 1. The van der Waals surface area contributed by atoms with Gasteiger partial charge in [-0.3, -0.25) is 0 Å². The number of nitrogens with one attached hydrogen (secondary N) is 1. The highest BCUT2D eigenvalue weighted by Crippen LogP contribution is 2.37. The van der Waals surface area contributed by atoms with Crippen LogP contribution >= 0.6 is 11.3 Å². The van der Waals surface area contributed by atoms with Gasteiger partial charge >= 0.3 is 0 Å². The first-order chi connectivity index (χ1) is 10.4. The van der Waals surface area contributed by atoms with Gasteiger partial charge in [0.1, 0.15) is 11.2 Å². The van der Waals surface area contributed by atoms with Crippen LogP contribution in [-0.4, -0.2) is 39.8 Å². The molecule has 0 aliphatic heterocycles. The molecule has 21 heavy (non-hydrogen) atoms. The van der Waals surface area contributed by atoms with Crippen molar-refractivity contribution in [1.29, 1.82) is 0 Å². The Balaban J connectivity index is 1.89. The zero-order valence-corrected chi connectivity index (χ0v) is 12.7. The maximum Gasteiger partial charge on any atom is 0.227 e. The molecule has 1 N–H and O–H groups in total. The van der Waals surface area contributed by atoms with Gasteiger partial charge in [-0.25, -0.2) is 9.97 Å². The Labute approximate surface area is 126 Å². The summed E-state index contributed by atoms with van der Waals surface area (Å²) in [7, 11) is 1.69. The number of fused-ring (bicyclic) bond motifs is 5. The molecule has 0 saturated carbocycles. The van der Waals surface area contributed by atoms with Crippen molar-refractivity contribution in [3.63, 3.8) is 0 Å². The molecule has 0 saturated heterocycles. The Morgan fingerprint density at radius 3 is 3.19 bits per heavy atom. The number of methoxy groups -OCH3 is 1. The Bertz CT molecular complexity index is 793.